The molecule has 0 spiro atoms. The van der Waals surface area contributed by atoms with Crippen LogP contribution in [0.4, 0.5) is 0 Å². The molecule has 1 aliphatic carbocycles. The van der Waals surface area contributed by atoms with Crippen molar-refractivity contribution in [3.05, 3.63) is 88.6 Å². The van der Waals surface area contributed by atoms with E-state index in [1.165, 1.54) is 54.6 Å². The Morgan fingerprint density at radius 3 is 1.91 bits per heavy atom. The smallest absolute Gasteiger partial charge is 0.508 e. The molecule has 0 aromatic heterocycles. The molecule has 53 heavy (non-hydrogen) atoms. The van der Waals surface area contributed by atoms with Crippen molar-refractivity contribution in [3.8, 4) is 45.6 Å². The quantitative estimate of drug-likeness (QED) is 0.0559. The number of ether oxygens (including phenoxy) is 5. The third kappa shape index (κ3) is 8.28. The molecule has 6 rings (SSSR count). The summed E-state index contributed by atoms with van der Waals surface area (Å²) in [5.74, 6) is -1.18. The van der Waals surface area contributed by atoms with Gasteiger partial charge < -0.3 is 78.9 Å². The van der Waals surface area contributed by atoms with Crippen LogP contribution in [0.1, 0.15) is 5.56 Å². The molecule has 2 aromatic carbocycles. The van der Waals surface area contributed by atoms with Crippen molar-refractivity contribution in [1.29, 1.82) is 0 Å². The largest absolute Gasteiger partial charge is 0.510 e. The predicted molar refractivity (Wildman–Crippen MR) is 180 cm³/mol. The van der Waals surface area contributed by atoms with Crippen LogP contribution in [0.25, 0.3) is 28.7 Å². The van der Waals surface area contributed by atoms with Crippen LogP contribution in [0.3, 0.4) is 0 Å². The van der Waals surface area contributed by atoms with Gasteiger partial charge in [0.05, 0.1) is 18.2 Å². The number of aromatic hydroxyl groups is 2. The summed E-state index contributed by atoms with van der Waals surface area (Å²) < 4.78 is 34.5. The van der Waals surface area contributed by atoms with Crippen LogP contribution < -0.4 is 14.9 Å². The lowest BCUT2D eigenvalue weighted by Crippen LogP contribution is -2.60. The second kappa shape index (κ2) is 15.9. The normalized spacial score (nSPS) is 28.9. The summed E-state index contributed by atoms with van der Waals surface area (Å²) in [4.78, 5) is 23.0. The lowest BCUT2D eigenvalue weighted by molar-refractivity contribution is -0.277. The molecule has 2 saturated heterocycles. The maximum atomic E-state index is 12.8. The van der Waals surface area contributed by atoms with E-state index in [1.807, 2.05) is 0 Å². The maximum absolute atomic E-state index is 12.8. The van der Waals surface area contributed by atoms with Gasteiger partial charge in [-0.05, 0) is 54.1 Å². The Balaban J connectivity index is 1.30. The van der Waals surface area contributed by atoms with Crippen molar-refractivity contribution >= 4 is 12.0 Å². The van der Waals surface area contributed by atoms with E-state index in [0.29, 0.717) is 11.1 Å². The fraction of sp³-hybridized carbons (Fsp3) is 0.333. The SMILES string of the molecule is O=c1cc2oc(-c3ccc(O)cc3)c(O[C@@H]3O[C@H](COC(=[OH+])C=Cc4ccc(O)cc4)[C@@H](O)[C@H](O)[C@H]3O)cc-2c(O[C@@H]2O[C@H](CO)[C@@H](O)[C@H](O)[C@H]2O)c1. The molecule has 3 heterocycles. The molecule has 3 aliphatic heterocycles. The van der Waals surface area contributed by atoms with E-state index < -0.39 is 86.0 Å². The van der Waals surface area contributed by atoms with Gasteiger partial charge in [-0.3, -0.25) is 4.79 Å². The number of phenolic OH excluding ortho intramolecular Hbond substituents is 2. The Kier molecular flexibility index (Phi) is 11.3. The first-order valence-corrected chi connectivity index (χ1v) is 16.2. The van der Waals surface area contributed by atoms with Gasteiger partial charge in [0.1, 0.15) is 65.7 Å². The fourth-order valence-corrected chi connectivity index (χ4v) is 5.69. The zero-order valence-corrected chi connectivity index (χ0v) is 27.5. The highest BCUT2D eigenvalue weighted by Gasteiger charge is 2.48. The number of benzene rings is 3. The molecule has 0 saturated carbocycles. The summed E-state index contributed by atoms with van der Waals surface area (Å²) in [5, 5.41) is 92.2. The maximum Gasteiger partial charge on any atom is 0.510 e. The lowest BCUT2D eigenvalue weighted by Gasteiger charge is -2.40. The molecule has 282 valence electrons. The van der Waals surface area contributed by atoms with Gasteiger partial charge in [0.25, 0.3) is 0 Å². The minimum atomic E-state index is -1.86. The van der Waals surface area contributed by atoms with E-state index in [4.69, 9.17) is 28.1 Å². The molecule has 0 bridgehead atoms. The van der Waals surface area contributed by atoms with Crippen LogP contribution in [0.15, 0.2) is 82.0 Å². The van der Waals surface area contributed by atoms with Crippen LogP contribution in [-0.4, -0.2) is 131 Å². The highest BCUT2D eigenvalue weighted by molar-refractivity contribution is 5.88. The Morgan fingerprint density at radius 2 is 1.28 bits per heavy atom. The van der Waals surface area contributed by atoms with E-state index in [2.05, 4.69) is 0 Å². The topological polar surface area (TPSA) is 280 Å². The summed E-state index contributed by atoms with van der Waals surface area (Å²) in [7, 11) is 0. The minimum absolute atomic E-state index is 0.0322. The number of fused-ring (bicyclic) bond motifs is 1. The summed E-state index contributed by atoms with van der Waals surface area (Å²) in [5.41, 5.74) is 0.343. The van der Waals surface area contributed by atoms with Crippen molar-refractivity contribution in [1.82, 2.24) is 0 Å². The van der Waals surface area contributed by atoms with E-state index in [9.17, 15) is 55.5 Å². The number of phenols is 2. The van der Waals surface area contributed by atoms with Crippen LogP contribution in [-0.2, 0) is 14.2 Å². The van der Waals surface area contributed by atoms with Gasteiger partial charge in [0, 0.05) is 17.7 Å². The van der Waals surface area contributed by atoms with Crippen LogP contribution in [0, 0.1) is 0 Å². The van der Waals surface area contributed by atoms with Gasteiger partial charge >= 0.3 is 5.97 Å². The molecule has 0 amide bonds. The van der Waals surface area contributed by atoms with E-state index >= 15 is 0 Å². The van der Waals surface area contributed by atoms with Crippen LogP contribution in [0.5, 0.6) is 23.0 Å². The highest BCUT2D eigenvalue weighted by atomic mass is 16.7. The molecular weight excluding hydrogens is 704 g/mol. The molecule has 17 heteroatoms. The summed E-state index contributed by atoms with van der Waals surface area (Å²) in [6.07, 6.45) is -14.1. The third-order valence-electron chi connectivity index (χ3n) is 8.63. The zero-order chi connectivity index (χ0) is 38.0. The predicted octanol–water partition coefficient (Wildman–Crippen LogP) is -0.580. The summed E-state index contributed by atoms with van der Waals surface area (Å²) >= 11 is 0. The first-order valence-electron chi connectivity index (χ1n) is 16.2. The average molecular weight is 742 g/mol. The van der Waals surface area contributed by atoms with Gasteiger partial charge in [-0.1, -0.05) is 12.1 Å². The Hall–Kier alpha value is -5.08. The van der Waals surface area contributed by atoms with Gasteiger partial charge in [-0.15, -0.1) is 0 Å². The molecule has 10 atom stereocenters. The van der Waals surface area contributed by atoms with Crippen LogP contribution in [0.2, 0.25) is 0 Å². The standard InChI is InChI=1S/C36H36O17/c37-14-25-28(42)30(44)32(46)35(52-25)50-23-12-20(40)11-22-21(23)13-24(34(49-22)17-4-8-19(39)9-5-17)51-36-33(47)31(45)29(43)26(53-36)15-48-27(41)10-3-16-1-6-18(38)7-2-16/h1-13,25-26,28-33,35-39,42-47H,14-15H2/p+1/t25-,26-,28-,29-,30+,31+,32-,33-,35-,36-/m1/s1. The second-order valence-corrected chi connectivity index (χ2v) is 12.3. The third-order valence-corrected chi connectivity index (χ3v) is 8.63. The Labute approximate surface area is 299 Å². The average Bonchev–Trinajstić information content (AvgIpc) is 3.14. The van der Waals surface area contributed by atoms with Crippen molar-refractivity contribution in [2.24, 2.45) is 0 Å². The number of aliphatic hydroxyl groups is 7. The van der Waals surface area contributed by atoms with E-state index in [0.717, 1.165) is 12.1 Å². The first kappa shape index (κ1) is 37.7. The second-order valence-electron chi connectivity index (χ2n) is 12.3. The van der Waals surface area contributed by atoms with Crippen LogP contribution >= 0.6 is 0 Å². The number of rotatable bonds is 10. The number of carbonyl (C=O) groups excluding carboxylic acids is 1. The molecule has 2 fully saturated rings. The number of esters is 1. The lowest BCUT2D eigenvalue weighted by atomic mass is 9.99. The molecule has 2 aromatic rings. The highest BCUT2D eigenvalue weighted by Crippen LogP contribution is 2.43. The zero-order valence-electron chi connectivity index (χ0n) is 27.5. The Morgan fingerprint density at radius 1 is 0.717 bits per heavy atom. The molecule has 10 N–H and O–H groups in total. The first-order chi connectivity index (χ1) is 25.3. The molecule has 0 unspecified atom stereocenters. The van der Waals surface area contributed by atoms with Gasteiger partial charge in [0.15, 0.2) is 23.0 Å². The fourth-order valence-electron chi connectivity index (χ4n) is 5.69. The summed E-state index contributed by atoms with van der Waals surface area (Å²) in [6.45, 7) is -1.26. The summed E-state index contributed by atoms with van der Waals surface area (Å²) in [6, 6.07) is 15.1. The van der Waals surface area contributed by atoms with Gasteiger partial charge in [0.2, 0.25) is 19.2 Å². The number of hydrogen-bond acceptors (Lipinski definition) is 16. The minimum Gasteiger partial charge on any atom is -0.508 e. The van der Waals surface area contributed by atoms with E-state index in [1.54, 1.807) is 12.1 Å². The van der Waals surface area contributed by atoms with Crippen molar-refractivity contribution in [3.63, 3.8) is 0 Å². The van der Waals surface area contributed by atoms with E-state index in [-0.39, 0.29) is 40.1 Å². The number of hydrogen-bond donors (Lipinski definition) is 9. The van der Waals surface area contributed by atoms with Gasteiger partial charge in [-0.2, -0.15) is 0 Å². The van der Waals surface area contributed by atoms with Crippen molar-refractivity contribution in [2.75, 3.05) is 13.2 Å². The number of aliphatic hydroxyl groups excluding tert-OH is 7. The molecular formula is C36H37O17+. The van der Waals surface area contributed by atoms with Crippen molar-refractivity contribution < 1.29 is 78.9 Å². The van der Waals surface area contributed by atoms with Crippen molar-refractivity contribution in [2.45, 2.75) is 61.4 Å². The molecule has 4 aliphatic rings. The van der Waals surface area contributed by atoms with Gasteiger partial charge in [-0.25, -0.2) is 0 Å². The Bertz CT molecular complexity index is 1920. The molecule has 17 nitrogen and oxygen atoms in total. The monoisotopic (exact) mass is 741 g/mol. The molecule has 0 radical (unpaired) electrons.